The van der Waals surface area contributed by atoms with Crippen LogP contribution in [0.3, 0.4) is 0 Å². The van der Waals surface area contributed by atoms with Crippen LogP contribution in [0.25, 0.3) is 0 Å². The molecule has 14 heavy (non-hydrogen) atoms. The van der Waals surface area contributed by atoms with Crippen molar-refractivity contribution in [3.8, 4) is 0 Å². The van der Waals surface area contributed by atoms with Gasteiger partial charge in [-0.1, -0.05) is 34.6 Å². The van der Waals surface area contributed by atoms with Crippen LogP contribution in [0.1, 0.15) is 61.3 Å². The maximum absolute atomic E-state index is 3.68. The van der Waals surface area contributed by atoms with Crippen molar-refractivity contribution in [2.45, 2.75) is 73.4 Å². The third-order valence-corrected chi connectivity index (χ3v) is 3.01. The highest BCUT2D eigenvalue weighted by molar-refractivity contribution is 4.78. The van der Waals surface area contributed by atoms with Gasteiger partial charge < -0.3 is 5.32 Å². The third-order valence-electron chi connectivity index (χ3n) is 3.01. The summed E-state index contributed by atoms with van der Waals surface area (Å²) in [6.45, 7) is 16.0. The van der Waals surface area contributed by atoms with Crippen LogP contribution < -0.4 is 5.32 Å². The molecule has 0 rings (SSSR count). The summed E-state index contributed by atoms with van der Waals surface area (Å²) < 4.78 is 0. The van der Waals surface area contributed by atoms with E-state index in [2.05, 4.69) is 53.8 Å². The maximum Gasteiger partial charge on any atom is 0.00897 e. The summed E-state index contributed by atoms with van der Waals surface area (Å²) in [4.78, 5) is 0. The topological polar surface area (TPSA) is 12.0 Å². The van der Waals surface area contributed by atoms with Crippen LogP contribution >= 0.6 is 0 Å². The molecule has 0 aliphatic carbocycles. The molecule has 86 valence electrons. The molecular weight excluding hydrogens is 170 g/mol. The molecule has 0 saturated heterocycles. The van der Waals surface area contributed by atoms with Crippen molar-refractivity contribution in [1.29, 1.82) is 0 Å². The van der Waals surface area contributed by atoms with Crippen molar-refractivity contribution in [3.63, 3.8) is 0 Å². The van der Waals surface area contributed by atoms with E-state index in [1.165, 1.54) is 12.8 Å². The highest BCUT2D eigenvalue weighted by Gasteiger charge is 2.20. The standard InChI is InChI=1S/C13H29N/c1-10(2)8-9-11(3)14-12(4)13(5,6)7/h10-12,14H,8-9H2,1-7H3. The van der Waals surface area contributed by atoms with E-state index < -0.39 is 0 Å². The summed E-state index contributed by atoms with van der Waals surface area (Å²) in [5, 5.41) is 3.68. The van der Waals surface area contributed by atoms with E-state index >= 15 is 0 Å². The average Bonchev–Trinajstić information content (AvgIpc) is 1.99. The first-order valence-electron chi connectivity index (χ1n) is 5.99. The fourth-order valence-corrected chi connectivity index (χ4v) is 1.34. The molecule has 0 saturated carbocycles. The third kappa shape index (κ3) is 6.42. The van der Waals surface area contributed by atoms with E-state index in [4.69, 9.17) is 0 Å². The molecule has 1 N–H and O–H groups in total. The summed E-state index contributed by atoms with van der Waals surface area (Å²) in [7, 11) is 0. The Balaban J connectivity index is 3.77. The smallest absolute Gasteiger partial charge is 0.00897 e. The summed E-state index contributed by atoms with van der Waals surface area (Å²) in [5.41, 5.74) is 0.367. The van der Waals surface area contributed by atoms with Crippen molar-refractivity contribution in [2.75, 3.05) is 0 Å². The largest absolute Gasteiger partial charge is 0.311 e. The molecule has 0 aromatic heterocycles. The zero-order chi connectivity index (χ0) is 11.4. The molecule has 0 radical (unpaired) electrons. The van der Waals surface area contributed by atoms with Crippen LogP contribution in [0, 0.1) is 11.3 Å². The molecule has 1 nitrogen and oxygen atoms in total. The Morgan fingerprint density at radius 2 is 1.43 bits per heavy atom. The van der Waals surface area contributed by atoms with E-state index in [1.807, 2.05) is 0 Å². The van der Waals surface area contributed by atoms with Gasteiger partial charge in [0, 0.05) is 12.1 Å². The van der Waals surface area contributed by atoms with Gasteiger partial charge in [0.25, 0.3) is 0 Å². The van der Waals surface area contributed by atoms with Crippen molar-refractivity contribution >= 4 is 0 Å². The lowest BCUT2D eigenvalue weighted by atomic mass is 9.87. The van der Waals surface area contributed by atoms with Crippen molar-refractivity contribution in [2.24, 2.45) is 11.3 Å². The molecule has 0 aromatic rings. The van der Waals surface area contributed by atoms with Crippen LogP contribution in [0.15, 0.2) is 0 Å². The fraction of sp³-hybridized carbons (Fsp3) is 1.00. The lowest BCUT2D eigenvalue weighted by Crippen LogP contribution is -2.42. The molecule has 0 amide bonds. The highest BCUT2D eigenvalue weighted by atomic mass is 14.9. The Labute approximate surface area is 90.7 Å². The van der Waals surface area contributed by atoms with Crippen molar-refractivity contribution < 1.29 is 0 Å². The molecule has 0 fully saturated rings. The van der Waals surface area contributed by atoms with Crippen LogP contribution in [-0.4, -0.2) is 12.1 Å². The van der Waals surface area contributed by atoms with E-state index in [9.17, 15) is 0 Å². The van der Waals surface area contributed by atoms with Crippen LogP contribution in [0.4, 0.5) is 0 Å². The number of hydrogen-bond donors (Lipinski definition) is 1. The molecule has 1 heteroatoms. The highest BCUT2D eigenvalue weighted by Crippen LogP contribution is 2.19. The van der Waals surface area contributed by atoms with Gasteiger partial charge in [-0.3, -0.25) is 0 Å². The fourth-order valence-electron chi connectivity index (χ4n) is 1.34. The molecule has 0 spiro atoms. The minimum Gasteiger partial charge on any atom is -0.311 e. The van der Waals surface area contributed by atoms with Crippen molar-refractivity contribution in [3.05, 3.63) is 0 Å². The Kier molecular flexibility index (Phi) is 5.73. The van der Waals surface area contributed by atoms with E-state index in [0.29, 0.717) is 17.5 Å². The Bertz CT molecular complexity index is 144. The minimum absolute atomic E-state index is 0.367. The predicted molar refractivity (Wildman–Crippen MR) is 65.6 cm³/mol. The lowest BCUT2D eigenvalue weighted by Gasteiger charge is -2.31. The van der Waals surface area contributed by atoms with E-state index in [0.717, 1.165) is 5.92 Å². The monoisotopic (exact) mass is 199 g/mol. The van der Waals surface area contributed by atoms with Crippen LogP contribution in [0.2, 0.25) is 0 Å². The lowest BCUT2D eigenvalue weighted by molar-refractivity contribution is 0.259. The summed E-state index contributed by atoms with van der Waals surface area (Å²) in [6.07, 6.45) is 2.61. The Morgan fingerprint density at radius 1 is 0.929 bits per heavy atom. The minimum atomic E-state index is 0.367. The molecule has 2 atom stereocenters. The van der Waals surface area contributed by atoms with Crippen LogP contribution in [-0.2, 0) is 0 Å². The quantitative estimate of drug-likeness (QED) is 0.709. The van der Waals surface area contributed by atoms with Crippen LogP contribution in [0.5, 0.6) is 0 Å². The first kappa shape index (κ1) is 14.0. The Hall–Kier alpha value is -0.0400. The predicted octanol–water partition coefficient (Wildman–Crippen LogP) is 3.84. The molecular formula is C13H29N. The second kappa shape index (κ2) is 5.75. The van der Waals surface area contributed by atoms with Gasteiger partial charge in [-0.15, -0.1) is 0 Å². The zero-order valence-corrected chi connectivity index (χ0v) is 11.1. The Morgan fingerprint density at radius 3 is 1.79 bits per heavy atom. The average molecular weight is 199 g/mol. The normalized spacial score (nSPS) is 17.1. The molecule has 0 aromatic carbocycles. The van der Waals surface area contributed by atoms with Gasteiger partial charge >= 0.3 is 0 Å². The molecule has 0 aliphatic rings. The molecule has 0 aliphatic heterocycles. The maximum atomic E-state index is 3.68. The van der Waals surface area contributed by atoms with Gasteiger partial charge in [0.2, 0.25) is 0 Å². The molecule has 2 unspecified atom stereocenters. The van der Waals surface area contributed by atoms with E-state index in [1.54, 1.807) is 0 Å². The zero-order valence-electron chi connectivity index (χ0n) is 11.1. The van der Waals surface area contributed by atoms with Gasteiger partial charge in [-0.2, -0.15) is 0 Å². The van der Waals surface area contributed by atoms with Gasteiger partial charge in [-0.25, -0.2) is 0 Å². The molecule has 0 heterocycles. The number of nitrogens with one attached hydrogen (secondary N) is 1. The summed E-state index contributed by atoms with van der Waals surface area (Å²) in [6, 6.07) is 1.23. The first-order chi connectivity index (χ1) is 6.23. The SMILES string of the molecule is CC(C)CCC(C)NC(C)C(C)(C)C. The van der Waals surface area contributed by atoms with Gasteiger partial charge in [-0.05, 0) is 38.0 Å². The van der Waals surface area contributed by atoms with E-state index in [-0.39, 0.29) is 0 Å². The van der Waals surface area contributed by atoms with Gasteiger partial charge in [0.15, 0.2) is 0 Å². The summed E-state index contributed by atoms with van der Waals surface area (Å²) in [5.74, 6) is 0.823. The van der Waals surface area contributed by atoms with Gasteiger partial charge in [0.1, 0.15) is 0 Å². The summed E-state index contributed by atoms with van der Waals surface area (Å²) >= 11 is 0. The second-order valence-corrected chi connectivity index (χ2v) is 6.13. The molecule has 0 bridgehead atoms. The van der Waals surface area contributed by atoms with Crippen molar-refractivity contribution in [1.82, 2.24) is 5.32 Å². The number of rotatable bonds is 5. The first-order valence-corrected chi connectivity index (χ1v) is 5.99. The van der Waals surface area contributed by atoms with Gasteiger partial charge in [0.05, 0.1) is 0 Å². The number of hydrogen-bond acceptors (Lipinski definition) is 1. The second-order valence-electron chi connectivity index (χ2n) is 6.13.